The molecule has 0 aliphatic rings. The molecule has 0 radical (unpaired) electrons. The van der Waals surface area contributed by atoms with Gasteiger partial charge in [0.15, 0.2) is 0 Å². The van der Waals surface area contributed by atoms with Gasteiger partial charge in [0.25, 0.3) is 0 Å². The quantitative estimate of drug-likeness (QED) is 0.907. The van der Waals surface area contributed by atoms with Crippen LogP contribution in [0, 0.1) is 0 Å². The van der Waals surface area contributed by atoms with E-state index in [2.05, 4.69) is 21.0 Å². The normalized spacial score (nSPS) is 12.6. The molecule has 0 amide bonds. The molecule has 1 aromatic heterocycles. The SMILES string of the molecule is COCCn1ncc(Br)c1C(N)c1cccc(Cl)c1. The number of rotatable bonds is 5. The lowest BCUT2D eigenvalue weighted by Crippen LogP contribution is -2.19. The summed E-state index contributed by atoms with van der Waals surface area (Å²) in [5.74, 6) is 0. The van der Waals surface area contributed by atoms with Crippen LogP contribution in [0.15, 0.2) is 34.9 Å². The summed E-state index contributed by atoms with van der Waals surface area (Å²) in [5.41, 5.74) is 8.18. The lowest BCUT2D eigenvalue weighted by Gasteiger charge is -2.15. The minimum absolute atomic E-state index is 0.285. The molecule has 0 saturated heterocycles. The Morgan fingerprint density at radius 3 is 3.00 bits per heavy atom. The molecule has 0 bridgehead atoms. The van der Waals surface area contributed by atoms with Gasteiger partial charge in [-0.15, -0.1) is 0 Å². The van der Waals surface area contributed by atoms with Crippen LogP contribution in [0.3, 0.4) is 0 Å². The predicted octanol–water partition coefficient (Wildman–Crippen LogP) is 2.99. The Hall–Kier alpha value is -0.880. The van der Waals surface area contributed by atoms with Gasteiger partial charge in [-0.2, -0.15) is 5.10 Å². The highest BCUT2D eigenvalue weighted by Crippen LogP contribution is 2.28. The maximum atomic E-state index is 6.31. The number of methoxy groups -OCH3 is 1. The summed E-state index contributed by atoms with van der Waals surface area (Å²) in [4.78, 5) is 0. The monoisotopic (exact) mass is 343 g/mol. The number of hydrogen-bond donors (Lipinski definition) is 1. The molecule has 1 atom stereocenters. The Morgan fingerprint density at radius 2 is 2.32 bits per heavy atom. The van der Waals surface area contributed by atoms with Gasteiger partial charge in [-0.25, -0.2) is 0 Å². The Balaban J connectivity index is 2.32. The molecule has 0 aliphatic heterocycles. The fourth-order valence-electron chi connectivity index (χ4n) is 1.89. The number of nitrogens with two attached hydrogens (primary N) is 1. The van der Waals surface area contributed by atoms with Crippen molar-refractivity contribution in [1.82, 2.24) is 9.78 Å². The van der Waals surface area contributed by atoms with Crippen LogP contribution in [0.25, 0.3) is 0 Å². The zero-order chi connectivity index (χ0) is 13.8. The molecule has 1 aromatic carbocycles. The molecule has 2 rings (SSSR count). The van der Waals surface area contributed by atoms with Crippen LogP contribution in [0.5, 0.6) is 0 Å². The summed E-state index contributed by atoms with van der Waals surface area (Å²) in [5, 5.41) is 4.97. The zero-order valence-corrected chi connectivity index (χ0v) is 12.9. The minimum Gasteiger partial charge on any atom is -0.383 e. The van der Waals surface area contributed by atoms with Crippen molar-refractivity contribution >= 4 is 27.5 Å². The van der Waals surface area contributed by atoms with Gasteiger partial charge in [-0.05, 0) is 33.6 Å². The molecule has 0 spiro atoms. The summed E-state index contributed by atoms with van der Waals surface area (Å²) in [6.45, 7) is 1.25. The predicted molar refractivity (Wildman–Crippen MR) is 79.3 cm³/mol. The molecule has 4 nitrogen and oxygen atoms in total. The first-order valence-corrected chi connectivity index (χ1v) is 7.01. The molecule has 0 saturated carbocycles. The number of ether oxygens (including phenoxy) is 1. The molecule has 0 aliphatic carbocycles. The average Bonchev–Trinajstić information content (AvgIpc) is 2.76. The smallest absolute Gasteiger partial charge is 0.0739 e. The minimum atomic E-state index is -0.285. The Labute approximate surface area is 125 Å². The average molecular weight is 345 g/mol. The fourth-order valence-corrected chi connectivity index (χ4v) is 2.64. The molecule has 2 aromatic rings. The van der Waals surface area contributed by atoms with Crippen molar-refractivity contribution in [3.63, 3.8) is 0 Å². The number of halogens is 2. The second-order valence-electron chi connectivity index (χ2n) is 4.13. The van der Waals surface area contributed by atoms with E-state index in [-0.39, 0.29) is 6.04 Å². The third kappa shape index (κ3) is 3.36. The Bertz CT molecular complexity index is 559. The Morgan fingerprint density at radius 1 is 1.53 bits per heavy atom. The summed E-state index contributed by atoms with van der Waals surface area (Å²) < 4.78 is 7.81. The van der Waals surface area contributed by atoms with Crippen molar-refractivity contribution in [1.29, 1.82) is 0 Å². The highest BCUT2D eigenvalue weighted by molar-refractivity contribution is 9.10. The van der Waals surface area contributed by atoms with E-state index in [1.54, 1.807) is 13.3 Å². The van der Waals surface area contributed by atoms with E-state index in [0.29, 0.717) is 18.2 Å². The van der Waals surface area contributed by atoms with Gasteiger partial charge in [-0.3, -0.25) is 4.68 Å². The van der Waals surface area contributed by atoms with Crippen molar-refractivity contribution in [3.8, 4) is 0 Å². The van der Waals surface area contributed by atoms with Crippen molar-refractivity contribution < 1.29 is 4.74 Å². The summed E-state index contributed by atoms with van der Waals surface area (Å²) in [6.07, 6.45) is 1.75. The van der Waals surface area contributed by atoms with Gasteiger partial charge < -0.3 is 10.5 Å². The molecular formula is C13H15BrClN3O. The van der Waals surface area contributed by atoms with Crippen LogP contribution in [0.2, 0.25) is 5.02 Å². The summed E-state index contributed by atoms with van der Waals surface area (Å²) >= 11 is 9.49. The molecule has 0 fully saturated rings. The fraction of sp³-hybridized carbons (Fsp3) is 0.308. The van der Waals surface area contributed by atoms with E-state index in [4.69, 9.17) is 22.1 Å². The molecular weight excluding hydrogens is 330 g/mol. The van der Waals surface area contributed by atoms with Crippen molar-refractivity contribution in [2.75, 3.05) is 13.7 Å². The van der Waals surface area contributed by atoms with Crippen molar-refractivity contribution in [2.45, 2.75) is 12.6 Å². The zero-order valence-electron chi connectivity index (χ0n) is 10.5. The molecule has 2 N–H and O–H groups in total. The van der Waals surface area contributed by atoms with E-state index >= 15 is 0 Å². The first-order valence-electron chi connectivity index (χ1n) is 5.84. The molecule has 102 valence electrons. The molecule has 1 unspecified atom stereocenters. The van der Waals surface area contributed by atoms with Crippen LogP contribution >= 0.6 is 27.5 Å². The van der Waals surface area contributed by atoms with E-state index in [9.17, 15) is 0 Å². The number of hydrogen-bond acceptors (Lipinski definition) is 3. The van der Waals surface area contributed by atoms with Crippen molar-refractivity contribution in [3.05, 3.63) is 51.2 Å². The third-order valence-electron chi connectivity index (χ3n) is 2.84. The number of benzene rings is 1. The van der Waals surface area contributed by atoms with Gasteiger partial charge >= 0.3 is 0 Å². The van der Waals surface area contributed by atoms with E-state index < -0.39 is 0 Å². The van der Waals surface area contributed by atoms with Gasteiger partial charge in [-0.1, -0.05) is 23.7 Å². The highest BCUT2D eigenvalue weighted by atomic mass is 79.9. The van der Waals surface area contributed by atoms with Gasteiger partial charge in [0.1, 0.15) is 0 Å². The lowest BCUT2D eigenvalue weighted by molar-refractivity contribution is 0.182. The van der Waals surface area contributed by atoms with Gasteiger partial charge in [0.2, 0.25) is 0 Å². The summed E-state index contributed by atoms with van der Waals surface area (Å²) in [7, 11) is 1.66. The molecule has 1 heterocycles. The maximum absolute atomic E-state index is 6.31. The van der Waals surface area contributed by atoms with Crippen LogP contribution in [-0.4, -0.2) is 23.5 Å². The van der Waals surface area contributed by atoms with E-state index in [1.165, 1.54) is 0 Å². The van der Waals surface area contributed by atoms with Gasteiger partial charge in [0.05, 0.1) is 35.6 Å². The van der Waals surface area contributed by atoms with Gasteiger partial charge in [0, 0.05) is 12.1 Å². The second kappa shape index (κ2) is 6.52. The number of aromatic nitrogens is 2. The van der Waals surface area contributed by atoms with E-state index in [1.807, 2.05) is 28.9 Å². The lowest BCUT2D eigenvalue weighted by atomic mass is 10.0. The third-order valence-corrected chi connectivity index (χ3v) is 3.69. The summed E-state index contributed by atoms with van der Waals surface area (Å²) in [6, 6.07) is 7.26. The first kappa shape index (κ1) is 14.5. The topological polar surface area (TPSA) is 53.1 Å². The van der Waals surface area contributed by atoms with Crippen LogP contribution < -0.4 is 5.73 Å². The van der Waals surface area contributed by atoms with Crippen molar-refractivity contribution in [2.24, 2.45) is 5.73 Å². The maximum Gasteiger partial charge on any atom is 0.0739 e. The highest BCUT2D eigenvalue weighted by Gasteiger charge is 2.18. The largest absolute Gasteiger partial charge is 0.383 e. The van der Waals surface area contributed by atoms with Crippen LogP contribution in [0.1, 0.15) is 17.3 Å². The molecule has 19 heavy (non-hydrogen) atoms. The molecule has 6 heteroatoms. The van der Waals surface area contributed by atoms with Crippen LogP contribution in [0.4, 0.5) is 0 Å². The second-order valence-corrected chi connectivity index (χ2v) is 5.42. The number of nitrogens with zero attached hydrogens (tertiary/aromatic N) is 2. The standard InChI is InChI=1S/C13H15BrClN3O/c1-19-6-5-18-13(11(14)8-17-18)12(16)9-3-2-4-10(15)7-9/h2-4,7-8,12H,5-6,16H2,1H3. The Kier molecular flexibility index (Phi) is 4.99. The first-order chi connectivity index (χ1) is 9.13. The van der Waals surface area contributed by atoms with E-state index in [0.717, 1.165) is 15.7 Å². The van der Waals surface area contributed by atoms with Crippen LogP contribution in [-0.2, 0) is 11.3 Å².